The Kier molecular flexibility index (Phi) is 5.58. The molecule has 3 heterocycles. The number of aromatic amines is 1. The van der Waals surface area contributed by atoms with E-state index >= 15 is 0 Å². The fourth-order valence-corrected chi connectivity index (χ4v) is 4.31. The number of nitrogens with one attached hydrogen (secondary N) is 2. The average Bonchev–Trinajstić information content (AvgIpc) is 3.49. The van der Waals surface area contributed by atoms with Crippen molar-refractivity contribution in [2.45, 2.75) is 25.9 Å². The number of carbonyl (C=O) groups excluding carboxylic acids is 1. The summed E-state index contributed by atoms with van der Waals surface area (Å²) in [6.07, 6.45) is 0.829. The summed E-state index contributed by atoms with van der Waals surface area (Å²) in [6.45, 7) is 2.49. The lowest BCUT2D eigenvalue weighted by atomic mass is 10.1. The number of aromatic nitrogens is 5. The number of carbonyl (C=O) groups is 1. The highest BCUT2D eigenvalue weighted by Crippen LogP contribution is 2.34. The van der Waals surface area contributed by atoms with Gasteiger partial charge in [-0.25, -0.2) is 0 Å². The van der Waals surface area contributed by atoms with Crippen LogP contribution in [-0.2, 0) is 19.6 Å². The van der Waals surface area contributed by atoms with Gasteiger partial charge in [0.25, 0.3) is 5.91 Å². The van der Waals surface area contributed by atoms with Gasteiger partial charge in [-0.05, 0) is 67.8 Å². The van der Waals surface area contributed by atoms with Crippen molar-refractivity contribution in [2.24, 2.45) is 7.05 Å². The molecule has 0 aliphatic heterocycles. The van der Waals surface area contributed by atoms with Gasteiger partial charge < -0.3 is 5.32 Å². The van der Waals surface area contributed by atoms with E-state index in [1.807, 2.05) is 13.1 Å². The van der Waals surface area contributed by atoms with Crippen LogP contribution in [0.5, 0.6) is 0 Å². The molecule has 5 aromatic rings. The number of aryl methyl sites for hydroxylation is 3. The van der Waals surface area contributed by atoms with Crippen molar-refractivity contribution in [3.05, 3.63) is 77.2 Å². The van der Waals surface area contributed by atoms with Gasteiger partial charge in [0.05, 0.1) is 17.3 Å². The normalized spacial score (nSPS) is 12.0. The smallest absolute Gasteiger partial charge is 0.352 e. The van der Waals surface area contributed by atoms with Gasteiger partial charge in [0.15, 0.2) is 5.65 Å². The SMILES string of the molecule is Cc1[nH]ncc1CCCNC(=O)c1ccc2c(c1)c1cn(C)nc1n2-c1ccc(C(F)(F)F)cc1. The number of amides is 1. The lowest BCUT2D eigenvalue weighted by molar-refractivity contribution is -0.137. The summed E-state index contributed by atoms with van der Waals surface area (Å²) in [4.78, 5) is 12.8. The fourth-order valence-electron chi connectivity index (χ4n) is 4.31. The topological polar surface area (TPSA) is 80.5 Å². The minimum atomic E-state index is -4.41. The van der Waals surface area contributed by atoms with Crippen LogP contribution in [0.2, 0.25) is 0 Å². The van der Waals surface area contributed by atoms with E-state index in [-0.39, 0.29) is 5.91 Å². The Balaban J connectivity index is 1.42. The van der Waals surface area contributed by atoms with Crippen molar-refractivity contribution < 1.29 is 18.0 Å². The Morgan fingerprint density at radius 3 is 2.57 bits per heavy atom. The van der Waals surface area contributed by atoms with Crippen LogP contribution in [0.15, 0.2) is 54.9 Å². The standard InChI is InChI=1S/C25H23F3N6O/c1-15-17(13-30-31-15)4-3-11-29-24(35)16-5-10-22-20(12-16)21-14-33(2)32-23(21)34(22)19-8-6-18(7-9-19)25(26,27)28/h5-10,12-14H,3-4,11H2,1-2H3,(H,29,35)(H,30,31). The van der Waals surface area contributed by atoms with Gasteiger partial charge in [-0.15, -0.1) is 0 Å². The van der Waals surface area contributed by atoms with Crippen LogP contribution in [-0.4, -0.2) is 37.0 Å². The summed E-state index contributed by atoms with van der Waals surface area (Å²) in [5.41, 5.74) is 3.88. The molecule has 0 saturated carbocycles. The Hall–Kier alpha value is -4.08. The lowest BCUT2D eigenvalue weighted by Gasteiger charge is -2.10. The quantitative estimate of drug-likeness (QED) is 0.338. The molecule has 3 aromatic heterocycles. The zero-order valence-corrected chi connectivity index (χ0v) is 19.1. The number of nitrogens with zero attached hydrogens (tertiary/aromatic N) is 4. The van der Waals surface area contributed by atoms with Crippen LogP contribution < -0.4 is 5.32 Å². The number of hydrogen-bond acceptors (Lipinski definition) is 3. The number of rotatable bonds is 6. The first kappa shape index (κ1) is 22.7. The minimum Gasteiger partial charge on any atom is -0.352 e. The zero-order chi connectivity index (χ0) is 24.7. The zero-order valence-electron chi connectivity index (χ0n) is 19.1. The second-order valence-corrected chi connectivity index (χ2v) is 8.53. The monoisotopic (exact) mass is 480 g/mol. The predicted molar refractivity (Wildman–Crippen MR) is 127 cm³/mol. The van der Waals surface area contributed by atoms with E-state index in [1.54, 1.807) is 40.7 Å². The molecule has 35 heavy (non-hydrogen) atoms. The van der Waals surface area contributed by atoms with Crippen LogP contribution in [0.4, 0.5) is 13.2 Å². The molecule has 0 aliphatic carbocycles. The molecule has 0 atom stereocenters. The van der Waals surface area contributed by atoms with Crippen LogP contribution in [0.25, 0.3) is 27.6 Å². The Bertz CT molecular complexity index is 1520. The van der Waals surface area contributed by atoms with E-state index in [1.165, 1.54) is 12.1 Å². The molecule has 5 rings (SSSR count). The molecule has 0 unspecified atom stereocenters. The van der Waals surface area contributed by atoms with E-state index in [0.29, 0.717) is 23.4 Å². The molecule has 2 N–H and O–H groups in total. The summed E-state index contributed by atoms with van der Waals surface area (Å²) >= 11 is 0. The molecule has 1 amide bonds. The Morgan fingerprint density at radius 2 is 1.89 bits per heavy atom. The largest absolute Gasteiger partial charge is 0.416 e. The van der Waals surface area contributed by atoms with Crippen molar-refractivity contribution in [1.29, 1.82) is 0 Å². The van der Waals surface area contributed by atoms with E-state index in [2.05, 4.69) is 20.6 Å². The van der Waals surface area contributed by atoms with Crippen molar-refractivity contribution in [2.75, 3.05) is 6.54 Å². The second kappa shape index (κ2) is 8.61. The van der Waals surface area contributed by atoms with E-state index in [4.69, 9.17) is 0 Å². The van der Waals surface area contributed by atoms with Crippen molar-refractivity contribution in [1.82, 2.24) is 29.9 Å². The molecule has 180 valence electrons. The first-order valence-electron chi connectivity index (χ1n) is 11.1. The van der Waals surface area contributed by atoms with Crippen LogP contribution in [0, 0.1) is 6.92 Å². The number of alkyl halides is 3. The fraction of sp³-hybridized carbons (Fsp3) is 0.240. The molecule has 7 nitrogen and oxygen atoms in total. The summed E-state index contributed by atoms with van der Waals surface area (Å²) in [5, 5.41) is 16.0. The Labute approximate surface area is 198 Å². The maximum Gasteiger partial charge on any atom is 0.416 e. The van der Waals surface area contributed by atoms with E-state index in [0.717, 1.165) is 52.5 Å². The lowest BCUT2D eigenvalue weighted by Crippen LogP contribution is -2.24. The molecular formula is C25H23F3N6O. The van der Waals surface area contributed by atoms with Crippen LogP contribution in [0.1, 0.15) is 33.6 Å². The summed E-state index contributed by atoms with van der Waals surface area (Å²) in [6, 6.07) is 10.3. The highest BCUT2D eigenvalue weighted by Gasteiger charge is 2.30. The summed E-state index contributed by atoms with van der Waals surface area (Å²) in [7, 11) is 1.78. The van der Waals surface area contributed by atoms with Gasteiger partial charge in [0.2, 0.25) is 0 Å². The van der Waals surface area contributed by atoms with Crippen molar-refractivity contribution >= 4 is 27.8 Å². The number of fused-ring (bicyclic) bond motifs is 3. The molecule has 0 spiro atoms. The minimum absolute atomic E-state index is 0.185. The molecule has 0 bridgehead atoms. The van der Waals surface area contributed by atoms with Gasteiger partial charge >= 0.3 is 6.18 Å². The summed E-state index contributed by atoms with van der Waals surface area (Å²) < 4.78 is 42.5. The molecule has 0 radical (unpaired) electrons. The maximum atomic E-state index is 13.0. The van der Waals surface area contributed by atoms with Crippen LogP contribution >= 0.6 is 0 Å². The van der Waals surface area contributed by atoms with Gasteiger partial charge in [0, 0.05) is 47.5 Å². The predicted octanol–water partition coefficient (Wildman–Crippen LogP) is 4.93. The van der Waals surface area contributed by atoms with Crippen molar-refractivity contribution in [3.8, 4) is 5.69 Å². The summed E-state index contributed by atoms with van der Waals surface area (Å²) in [5.74, 6) is -0.185. The molecular weight excluding hydrogens is 457 g/mol. The molecule has 2 aromatic carbocycles. The number of halogens is 3. The third-order valence-corrected chi connectivity index (χ3v) is 6.11. The van der Waals surface area contributed by atoms with Crippen LogP contribution in [0.3, 0.4) is 0 Å². The van der Waals surface area contributed by atoms with E-state index < -0.39 is 11.7 Å². The maximum absolute atomic E-state index is 13.0. The van der Waals surface area contributed by atoms with Gasteiger partial charge in [-0.1, -0.05) is 0 Å². The molecule has 0 aliphatic rings. The van der Waals surface area contributed by atoms with Gasteiger partial charge in [0.1, 0.15) is 0 Å². The third kappa shape index (κ3) is 4.27. The first-order chi connectivity index (χ1) is 16.7. The number of hydrogen-bond donors (Lipinski definition) is 2. The van der Waals surface area contributed by atoms with Crippen molar-refractivity contribution in [3.63, 3.8) is 0 Å². The Morgan fingerprint density at radius 1 is 1.11 bits per heavy atom. The van der Waals surface area contributed by atoms with Gasteiger partial charge in [-0.3, -0.25) is 19.1 Å². The number of H-pyrrole nitrogens is 1. The first-order valence-corrected chi connectivity index (χ1v) is 11.1. The number of benzene rings is 2. The molecule has 0 fully saturated rings. The van der Waals surface area contributed by atoms with E-state index in [9.17, 15) is 18.0 Å². The second-order valence-electron chi connectivity index (χ2n) is 8.53. The third-order valence-electron chi connectivity index (χ3n) is 6.11. The molecule has 10 heteroatoms. The molecule has 0 saturated heterocycles. The highest BCUT2D eigenvalue weighted by atomic mass is 19.4. The highest BCUT2D eigenvalue weighted by molar-refractivity contribution is 6.10. The average molecular weight is 480 g/mol. The van der Waals surface area contributed by atoms with Gasteiger partial charge in [-0.2, -0.15) is 23.4 Å².